The lowest BCUT2D eigenvalue weighted by molar-refractivity contribution is -0.133. The van der Waals surface area contributed by atoms with Gasteiger partial charge in [0.15, 0.2) is 0 Å². The maximum Gasteiger partial charge on any atom is 0.330 e. The molecule has 0 aromatic rings. The van der Waals surface area contributed by atoms with Crippen LogP contribution in [0.3, 0.4) is 0 Å². The third kappa shape index (κ3) is 11.5. The molecule has 0 aliphatic rings. The van der Waals surface area contributed by atoms with Gasteiger partial charge in [0.1, 0.15) is 0 Å². The van der Waals surface area contributed by atoms with Gasteiger partial charge in [-0.25, -0.2) is 9.59 Å². The van der Waals surface area contributed by atoms with Crippen molar-refractivity contribution in [2.75, 3.05) is 0 Å². The number of aliphatic carboxylic acids is 2. The van der Waals surface area contributed by atoms with Crippen molar-refractivity contribution in [3.63, 3.8) is 0 Å². The lowest BCUT2D eigenvalue weighted by Crippen LogP contribution is -2.06. The van der Waals surface area contributed by atoms with Crippen LogP contribution >= 0.6 is 0 Å². The van der Waals surface area contributed by atoms with Crippen LogP contribution in [-0.2, 0) is 9.59 Å². The molecule has 1 unspecified atom stereocenters. The van der Waals surface area contributed by atoms with Gasteiger partial charge < -0.3 is 10.2 Å². The van der Waals surface area contributed by atoms with Gasteiger partial charge in [-0.1, -0.05) is 59.6 Å². The summed E-state index contributed by atoms with van der Waals surface area (Å²) in [6, 6.07) is 0. The molecular formula is C16H28O4. The normalized spacial score (nSPS) is 10.9. The molecule has 20 heavy (non-hydrogen) atoms. The molecule has 0 amide bonds. The Labute approximate surface area is 122 Å². The molecule has 0 rings (SSSR count). The van der Waals surface area contributed by atoms with Crippen LogP contribution in [0.4, 0.5) is 0 Å². The largest absolute Gasteiger partial charge is 0.478 e. The molecule has 2 N–H and O–H groups in total. The zero-order valence-electron chi connectivity index (χ0n) is 12.9. The van der Waals surface area contributed by atoms with Crippen molar-refractivity contribution < 1.29 is 19.8 Å². The minimum absolute atomic E-state index is 0.264. The lowest BCUT2D eigenvalue weighted by Gasteiger charge is -2.13. The second kappa shape index (κ2) is 12.5. The third-order valence-electron chi connectivity index (χ3n) is 3.11. The molecule has 0 aliphatic heterocycles. The first-order chi connectivity index (χ1) is 9.29. The molecule has 4 nitrogen and oxygen atoms in total. The van der Waals surface area contributed by atoms with Crippen LogP contribution in [0.25, 0.3) is 0 Å². The summed E-state index contributed by atoms with van der Waals surface area (Å²) < 4.78 is 0. The number of hydrogen-bond acceptors (Lipinski definition) is 2. The summed E-state index contributed by atoms with van der Waals surface area (Å²) in [6.07, 6.45) is 5.70. The zero-order valence-corrected chi connectivity index (χ0v) is 12.9. The van der Waals surface area contributed by atoms with Crippen LogP contribution in [0.15, 0.2) is 24.3 Å². The highest BCUT2D eigenvalue weighted by Crippen LogP contribution is 2.20. The van der Waals surface area contributed by atoms with E-state index < -0.39 is 11.9 Å². The van der Waals surface area contributed by atoms with E-state index in [1.165, 1.54) is 12.8 Å². The molecule has 0 heterocycles. The molecular weight excluding hydrogens is 256 g/mol. The smallest absolute Gasteiger partial charge is 0.330 e. The first-order valence-corrected chi connectivity index (χ1v) is 7.12. The second-order valence-electron chi connectivity index (χ2n) is 4.79. The summed E-state index contributed by atoms with van der Waals surface area (Å²) in [4.78, 5) is 20.4. The molecule has 0 fully saturated rings. The third-order valence-corrected chi connectivity index (χ3v) is 3.11. The van der Waals surface area contributed by atoms with E-state index >= 15 is 0 Å². The Morgan fingerprint density at radius 1 is 1.00 bits per heavy atom. The fourth-order valence-corrected chi connectivity index (χ4v) is 1.53. The van der Waals surface area contributed by atoms with E-state index in [2.05, 4.69) is 27.0 Å². The minimum Gasteiger partial charge on any atom is -0.478 e. The van der Waals surface area contributed by atoms with E-state index in [-0.39, 0.29) is 5.57 Å². The summed E-state index contributed by atoms with van der Waals surface area (Å²) in [5.74, 6) is -1.25. The van der Waals surface area contributed by atoms with Gasteiger partial charge in [-0.3, -0.25) is 0 Å². The van der Waals surface area contributed by atoms with Crippen molar-refractivity contribution >= 4 is 11.9 Å². The fourth-order valence-electron chi connectivity index (χ4n) is 1.53. The molecule has 0 aromatic heterocycles. The fraction of sp³-hybridized carbons (Fsp3) is 0.625. The van der Waals surface area contributed by atoms with Crippen LogP contribution in [0.5, 0.6) is 0 Å². The quantitative estimate of drug-likeness (QED) is 0.620. The van der Waals surface area contributed by atoms with Crippen molar-refractivity contribution in [1.29, 1.82) is 0 Å². The average molecular weight is 284 g/mol. The van der Waals surface area contributed by atoms with Gasteiger partial charge in [-0.2, -0.15) is 0 Å². The van der Waals surface area contributed by atoms with Gasteiger partial charge in [-0.15, -0.1) is 0 Å². The van der Waals surface area contributed by atoms with E-state index in [0.29, 0.717) is 24.3 Å². The summed E-state index contributed by atoms with van der Waals surface area (Å²) in [5.41, 5.74) is 0.614. The van der Waals surface area contributed by atoms with Crippen molar-refractivity contribution in [3.05, 3.63) is 24.3 Å². The molecule has 0 aromatic carbocycles. The molecule has 0 saturated carbocycles. The molecule has 1 atom stereocenters. The highest BCUT2D eigenvalue weighted by molar-refractivity contribution is 5.85. The Morgan fingerprint density at radius 2 is 1.50 bits per heavy atom. The molecule has 0 aliphatic carbocycles. The standard InChI is InChI=1S/C11H20O2.C5H8O2/c1-4-6-7-10(5-2)8-9(3)11(12)13;1-3-4(2)5(6)7/h10H,3-8H2,1-2H3,(H,12,13);2-3H2,1H3,(H,6,7). The number of carboxylic acid groups (broad SMARTS) is 2. The Bertz CT molecular complexity index is 331. The summed E-state index contributed by atoms with van der Waals surface area (Å²) >= 11 is 0. The Morgan fingerprint density at radius 3 is 1.75 bits per heavy atom. The van der Waals surface area contributed by atoms with Crippen molar-refractivity contribution in [1.82, 2.24) is 0 Å². The van der Waals surface area contributed by atoms with Gasteiger partial charge in [-0.05, 0) is 18.8 Å². The van der Waals surface area contributed by atoms with Crippen molar-refractivity contribution in [3.8, 4) is 0 Å². The molecule has 0 bridgehead atoms. The van der Waals surface area contributed by atoms with Crippen LogP contribution < -0.4 is 0 Å². The maximum atomic E-state index is 10.5. The van der Waals surface area contributed by atoms with E-state index in [4.69, 9.17) is 10.2 Å². The van der Waals surface area contributed by atoms with Crippen LogP contribution in [0.1, 0.15) is 59.3 Å². The van der Waals surface area contributed by atoms with Crippen LogP contribution in [0, 0.1) is 5.92 Å². The van der Waals surface area contributed by atoms with Crippen molar-refractivity contribution in [2.24, 2.45) is 5.92 Å². The van der Waals surface area contributed by atoms with E-state index in [9.17, 15) is 9.59 Å². The molecule has 116 valence electrons. The Balaban J connectivity index is 0. The first kappa shape index (κ1) is 20.7. The molecule has 0 spiro atoms. The highest BCUT2D eigenvalue weighted by Gasteiger charge is 2.11. The number of rotatable bonds is 9. The number of unbranched alkanes of at least 4 members (excludes halogenated alkanes) is 1. The molecule has 0 radical (unpaired) electrons. The van der Waals surface area contributed by atoms with Gasteiger partial charge in [0, 0.05) is 11.1 Å². The van der Waals surface area contributed by atoms with Crippen LogP contribution in [-0.4, -0.2) is 22.2 Å². The molecule has 0 saturated heterocycles. The minimum atomic E-state index is -0.900. The lowest BCUT2D eigenvalue weighted by atomic mass is 9.92. The van der Waals surface area contributed by atoms with Gasteiger partial charge in [0.05, 0.1) is 0 Å². The van der Waals surface area contributed by atoms with Gasteiger partial charge in [0.2, 0.25) is 0 Å². The SMILES string of the molecule is C=C(CC(CC)CCCC)C(=O)O.C=C(CC)C(=O)O. The monoisotopic (exact) mass is 284 g/mol. The number of carbonyl (C=O) groups is 2. The average Bonchev–Trinajstić information content (AvgIpc) is 2.42. The first-order valence-electron chi connectivity index (χ1n) is 7.12. The summed E-state index contributed by atoms with van der Waals surface area (Å²) in [6.45, 7) is 12.8. The van der Waals surface area contributed by atoms with Gasteiger partial charge >= 0.3 is 11.9 Å². The Kier molecular flexibility index (Phi) is 12.9. The molecule has 4 heteroatoms. The predicted molar refractivity (Wildman–Crippen MR) is 81.8 cm³/mol. The van der Waals surface area contributed by atoms with Crippen LogP contribution in [0.2, 0.25) is 0 Å². The highest BCUT2D eigenvalue weighted by atomic mass is 16.4. The van der Waals surface area contributed by atoms with E-state index in [1.54, 1.807) is 6.92 Å². The van der Waals surface area contributed by atoms with Gasteiger partial charge in [0.25, 0.3) is 0 Å². The Hall–Kier alpha value is -1.58. The summed E-state index contributed by atoms with van der Waals surface area (Å²) in [5, 5.41) is 16.7. The second-order valence-corrected chi connectivity index (χ2v) is 4.79. The number of carboxylic acids is 2. The van der Waals surface area contributed by atoms with E-state index in [1.807, 2.05) is 0 Å². The maximum absolute atomic E-state index is 10.5. The topological polar surface area (TPSA) is 74.6 Å². The summed E-state index contributed by atoms with van der Waals surface area (Å²) in [7, 11) is 0. The predicted octanol–water partition coefficient (Wildman–Crippen LogP) is 4.27. The zero-order chi connectivity index (χ0) is 16.1. The van der Waals surface area contributed by atoms with Crippen molar-refractivity contribution in [2.45, 2.75) is 59.3 Å². The van der Waals surface area contributed by atoms with E-state index in [0.717, 1.165) is 12.8 Å². The number of hydrogen-bond donors (Lipinski definition) is 2.